The molecule has 24 heavy (non-hydrogen) atoms. The number of methoxy groups -OCH3 is 1. The van der Waals surface area contributed by atoms with Crippen LogP contribution < -0.4 is 10.2 Å². The van der Waals surface area contributed by atoms with Crippen LogP contribution in [0.2, 0.25) is 10.0 Å². The van der Waals surface area contributed by atoms with Gasteiger partial charge < -0.3 is 4.74 Å². The molecule has 1 aromatic heterocycles. The number of carbonyl (C=O) groups is 1. The summed E-state index contributed by atoms with van der Waals surface area (Å²) in [6, 6.07) is 3.24. The summed E-state index contributed by atoms with van der Waals surface area (Å²) in [5, 5.41) is 9.42. The molecule has 0 fully saturated rings. The number of hydrogen-bond acceptors (Lipinski definition) is 5. The number of aryl methyl sites for hydroxylation is 1. The van der Waals surface area contributed by atoms with E-state index in [9.17, 15) is 4.79 Å². The van der Waals surface area contributed by atoms with Crippen molar-refractivity contribution in [1.82, 2.24) is 14.9 Å². The Labute approximate surface area is 154 Å². The third kappa shape index (κ3) is 4.43. The van der Waals surface area contributed by atoms with E-state index in [0.29, 0.717) is 32.3 Å². The predicted molar refractivity (Wildman–Crippen MR) is 97.6 cm³/mol. The van der Waals surface area contributed by atoms with Gasteiger partial charge in [0.05, 0.1) is 12.1 Å². The summed E-state index contributed by atoms with van der Waals surface area (Å²) < 4.78 is 6.78. The highest BCUT2D eigenvalue weighted by Crippen LogP contribution is 2.32. The van der Waals surface area contributed by atoms with Gasteiger partial charge >= 0.3 is 0 Å². The van der Waals surface area contributed by atoms with E-state index in [4.69, 9.17) is 27.9 Å². The Hall–Kier alpha value is -1.70. The Morgan fingerprint density at radius 2 is 2.17 bits per heavy atom. The molecule has 1 N–H and O–H groups in total. The molecule has 0 radical (unpaired) electrons. The molecule has 2 rings (SSSR count). The second kappa shape index (κ2) is 8.41. The zero-order valence-corrected chi connectivity index (χ0v) is 15.7. The zero-order valence-electron chi connectivity index (χ0n) is 13.3. The van der Waals surface area contributed by atoms with Crippen LogP contribution >= 0.6 is 35.0 Å². The number of nitrogens with zero attached hydrogens (tertiary/aromatic N) is 3. The van der Waals surface area contributed by atoms with Crippen LogP contribution in [0.4, 0.5) is 0 Å². The molecule has 0 unspecified atom stereocenters. The summed E-state index contributed by atoms with van der Waals surface area (Å²) in [6.07, 6.45) is 2.95. The molecule has 0 aliphatic rings. The normalized spacial score (nSPS) is 11.0. The third-order valence-corrected chi connectivity index (χ3v) is 4.26. The minimum atomic E-state index is -0.339. The second-order valence-electron chi connectivity index (χ2n) is 4.62. The van der Waals surface area contributed by atoms with E-state index in [1.807, 2.05) is 6.92 Å². The van der Waals surface area contributed by atoms with Gasteiger partial charge in [0, 0.05) is 16.7 Å². The topological polar surface area (TPSA) is 69.0 Å². The van der Waals surface area contributed by atoms with Crippen molar-refractivity contribution in [2.45, 2.75) is 19.0 Å². The third-order valence-electron chi connectivity index (χ3n) is 2.95. The van der Waals surface area contributed by atoms with E-state index >= 15 is 0 Å². The van der Waals surface area contributed by atoms with Crippen molar-refractivity contribution < 1.29 is 9.53 Å². The molecule has 6 nitrogen and oxygen atoms in total. The van der Waals surface area contributed by atoms with Gasteiger partial charge in [0.2, 0.25) is 5.16 Å². The Bertz CT molecular complexity index is 777. The lowest BCUT2D eigenvalue weighted by Crippen LogP contribution is -2.22. The average Bonchev–Trinajstić information content (AvgIpc) is 2.86. The second-order valence-corrected chi connectivity index (χ2v) is 6.69. The molecule has 0 aliphatic carbocycles. The molecule has 1 heterocycles. The molecule has 1 aromatic carbocycles. The molecule has 0 aliphatic heterocycles. The first-order valence-corrected chi connectivity index (χ1v) is 8.77. The smallest absolute Gasteiger partial charge is 0.262 e. The monoisotopic (exact) mass is 386 g/mol. The van der Waals surface area contributed by atoms with Crippen LogP contribution in [0.15, 0.2) is 23.4 Å². The summed E-state index contributed by atoms with van der Waals surface area (Å²) in [7, 11) is 1.50. The number of ether oxygens (including phenoxy) is 1. The Kier molecular flexibility index (Phi) is 6.53. The number of aromatic nitrogens is 3. The average molecular weight is 387 g/mol. The molecule has 128 valence electrons. The van der Waals surface area contributed by atoms with Gasteiger partial charge in [0.15, 0.2) is 0 Å². The van der Waals surface area contributed by atoms with Gasteiger partial charge in [-0.25, -0.2) is 4.68 Å². The largest absolute Gasteiger partial charge is 0.495 e. The van der Waals surface area contributed by atoms with E-state index in [1.165, 1.54) is 24.9 Å². The molecule has 0 saturated carbocycles. The van der Waals surface area contributed by atoms with Crippen molar-refractivity contribution >= 4 is 46.9 Å². The zero-order chi connectivity index (χ0) is 17.7. The van der Waals surface area contributed by atoms with Gasteiger partial charge in [-0.05, 0) is 30.9 Å². The van der Waals surface area contributed by atoms with Gasteiger partial charge in [0.1, 0.15) is 11.6 Å². The number of rotatable bonds is 6. The number of halogens is 2. The minimum Gasteiger partial charge on any atom is -0.495 e. The lowest BCUT2D eigenvalue weighted by molar-refractivity contribution is -0.112. The minimum absolute atomic E-state index is 0.339. The Morgan fingerprint density at radius 3 is 2.83 bits per heavy atom. The van der Waals surface area contributed by atoms with E-state index in [1.54, 1.807) is 29.8 Å². The molecular formula is C15H16Cl2N4O2S. The number of nitrogens with one attached hydrogen (secondary N) is 1. The number of thioether (sulfide) groups is 1. The lowest BCUT2D eigenvalue weighted by atomic mass is 10.2. The van der Waals surface area contributed by atoms with Crippen LogP contribution in [0.3, 0.4) is 0 Å². The molecule has 9 heteroatoms. The van der Waals surface area contributed by atoms with Gasteiger partial charge in [-0.2, -0.15) is 0 Å². The molecule has 0 atom stereocenters. The summed E-state index contributed by atoms with van der Waals surface area (Å²) in [5.41, 5.74) is 3.32. The fourth-order valence-corrected chi connectivity index (χ4v) is 3.18. The van der Waals surface area contributed by atoms with E-state index in [-0.39, 0.29) is 5.91 Å². The highest BCUT2D eigenvalue weighted by Gasteiger charge is 2.11. The van der Waals surface area contributed by atoms with Gasteiger partial charge in [-0.15, -0.1) is 10.2 Å². The van der Waals surface area contributed by atoms with E-state index < -0.39 is 0 Å². The molecule has 0 saturated heterocycles. The van der Waals surface area contributed by atoms with Crippen LogP contribution in [-0.2, 0) is 4.79 Å². The molecule has 0 bridgehead atoms. The van der Waals surface area contributed by atoms with Crippen molar-refractivity contribution in [2.75, 3.05) is 18.3 Å². The number of hydrogen-bond donors (Lipinski definition) is 1. The van der Waals surface area contributed by atoms with Crippen molar-refractivity contribution in [3.05, 3.63) is 39.6 Å². The van der Waals surface area contributed by atoms with Crippen LogP contribution in [0, 0.1) is 6.92 Å². The highest BCUT2D eigenvalue weighted by atomic mass is 35.5. The maximum atomic E-state index is 12.2. The summed E-state index contributed by atoms with van der Waals surface area (Å²) in [5.74, 6) is 1.53. The SMILES string of the molecule is CCSc1nnc(C)n1NC(=O)C=Cc1cc(Cl)cc(Cl)c1OC. The van der Waals surface area contributed by atoms with Crippen LogP contribution in [0.1, 0.15) is 18.3 Å². The van der Waals surface area contributed by atoms with Gasteiger partial charge in [-0.3, -0.25) is 10.2 Å². The van der Waals surface area contributed by atoms with E-state index in [0.717, 1.165) is 5.75 Å². The van der Waals surface area contributed by atoms with Crippen LogP contribution in [-0.4, -0.2) is 33.6 Å². The Morgan fingerprint density at radius 1 is 1.42 bits per heavy atom. The van der Waals surface area contributed by atoms with Crippen molar-refractivity contribution in [3.8, 4) is 5.75 Å². The quantitative estimate of drug-likeness (QED) is 0.603. The molecule has 0 spiro atoms. The van der Waals surface area contributed by atoms with Gasteiger partial charge in [-0.1, -0.05) is 41.9 Å². The van der Waals surface area contributed by atoms with E-state index in [2.05, 4.69) is 15.6 Å². The first kappa shape index (κ1) is 18.6. The molecular weight excluding hydrogens is 371 g/mol. The first-order chi connectivity index (χ1) is 11.5. The lowest BCUT2D eigenvalue weighted by Gasteiger charge is -2.09. The standard InChI is InChI=1S/C15H16Cl2N4O2S/c1-4-24-15-19-18-9(2)21(15)20-13(22)6-5-10-7-11(16)8-12(17)14(10)23-3/h5-8H,4H2,1-3H3,(H,20,22). The van der Waals surface area contributed by atoms with Crippen LogP contribution in [0.5, 0.6) is 5.75 Å². The maximum absolute atomic E-state index is 12.2. The van der Waals surface area contributed by atoms with Gasteiger partial charge in [0.25, 0.3) is 5.91 Å². The Balaban J connectivity index is 2.19. The van der Waals surface area contributed by atoms with Crippen molar-refractivity contribution in [1.29, 1.82) is 0 Å². The summed E-state index contributed by atoms with van der Waals surface area (Å²) in [6.45, 7) is 3.76. The summed E-state index contributed by atoms with van der Waals surface area (Å²) in [4.78, 5) is 12.2. The van der Waals surface area contributed by atoms with Crippen molar-refractivity contribution in [2.24, 2.45) is 0 Å². The van der Waals surface area contributed by atoms with Crippen molar-refractivity contribution in [3.63, 3.8) is 0 Å². The fraction of sp³-hybridized carbons (Fsp3) is 0.267. The van der Waals surface area contributed by atoms with Crippen LogP contribution in [0.25, 0.3) is 6.08 Å². The maximum Gasteiger partial charge on any atom is 0.262 e. The molecule has 2 aromatic rings. The molecule has 1 amide bonds. The predicted octanol–water partition coefficient (Wildman–Crippen LogP) is 3.80. The summed E-state index contributed by atoms with van der Waals surface area (Å²) >= 11 is 13.5. The number of carbonyl (C=O) groups excluding carboxylic acids is 1. The highest BCUT2D eigenvalue weighted by molar-refractivity contribution is 7.99. The first-order valence-electron chi connectivity index (χ1n) is 7.03. The fourth-order valence-electron chi connectivity index (χ4n) is 1.93. The number of amides is 1. The number of benzene rings is 1.